The van der Waals surface area contributed by atoms with E-state index in [2.05, 4.69) is 5.32 Å². The van der Waals surface area contributed by atoms with E-state index in [0.29, 0.717) is 19.1 Å². The molecule has 1 fully saturated rings. The zero-order valence-electron chi connectivity index (χ0n) is 8.82. The molecule has 14 heavy (non-hydrogen) atoms. The Morgan fingerprint density at radius 3 is 2.50 bits per heavy atom. The Hall–Kier alpha value is -0.130. The van der Waals surface area contributed by atoms with E-state index in [-0.39, 0.29) is 11.0 Å². The van der Waals surface area contributed by atoms with Crippen LogP contribution in [0.5, 0.6) is 0 Å². The lowest BCUT2D eigenvalue weighted by Gasteiger charge is -2.27. The summed E-state index contributed by atoms with van der Waals surface area (Å²) in [4.78, 5) is 0. The molecule has 1 aliphatic rings. The maximum absolute atomic E-state index is 11.4. The number of hydrogen-bond donors (Lipinski definition) is 1. The van der Waals surface area contributed by atoms with Gasteiger partial charge in [0.2, 0.25) is 0 Å². The average Bonchev–Trinajstić information content (AvgIpc) is 2.00. The number of rotatable bonds is 6. The van der Waals surface area contributed by atoms with E-state index in [0.717, 1.165) is 13.1 Å². The molecular weight excluding hydrogens is 202 g/mol. The van der Waals surface area contributed by atoms with Crippen LogP contribution in [0.4, 0.5) is 0 Å². The Morgan fingerprint density at radius 2 is 2.07 bits per heavy atom. The highest BCUT2D eigenvalue weighted by Gasteiger charge is 2.18. The molecule has 4 nitrogen and oxygen atoms in total. The van der Waals surface area contributed by atoms with Gasteiger partial charge in [0.1, 0.15) is 0 Å². The number of ether oxygens (including phenoxy) is 1. The maximum Gasteiger partial charge on any atom is 0.152 e. The molecule has 1 saturated heterocycles. The molecule has 0 unspecified atom stereocenters. The van der Waals surface area contributed by atoms with E-state index in [1.165, 1.54) is 0 Å². The molecule has 0 aromatic rings. The lowest BCUT2D eigenvalue weighted by Crippen LogP contribution is -2.48. The van der Waals surface area contributed by atoms with Gasteiger partial charge in [-0.25, -0.2) is 8.42 Å². The van der Waals surface area contributed by atoms with Crippen LogP contribution < -0.4 is 5.32 Å². The molecular formula is C9H19NO3S. The van der Waals surface area contributed by atoms with Gasteiger partial charge < -0.3 is 10.1 Å². The van der Waals surface area contributed by atoms with Crippen LogP contribution in [0.2, 0.25) is 0 Å². The van der Waals surface area contributed by atoms with Gasteiger partial charge in [0, 0.05) is 19.7 Å². The van der Waals surface area contributed by atoms with Gasteiger partial charge in [-0.2, -0.15) is 0 Å². The Morgan fingerprint density at radius 1 is 1.43 bits per heavy atom. The summed E-state index contributed by atoms with van der Waals surface area (Å²) in [6.07, 6.45) is 0.911. The van der Waals surface area contributed by atoms with Gasteiger partial charge in [0.25, 0.3) is 0 Å². The molecule has 1 heterocycles. The number of hydrogen-bond acceptors (Lipinski definition) is 4. The second-order valence-corrected chi connectivity index (χ2v) is 6.60. The predicted octanol–water partition coefficient (Wildman–Crippen LogP) is 0.188. The lowest BCUT2D eigenvalue weighted by molar-refractivity contribution is 0.0196. The second-order valence-electron chi connectivity index (χ2n) is 3.92. The maximum atomic E-state index is 11.4. The lowest BCUT2D eigenvalue weighted by atomic mass is 10.2. The Kier molecular flexibility index (Phi) is 4.34. The van der Waals surface area contributed by atoms with E-state index in [1.807, 2.05) is 0 Å². The summed E-state index contributed by atoms with van der Waals surface area (Å²) in [5.74, 6) is 0.241. The molecule has 1 N–H and O–H groups in total. The third-order valence-corrected chi connectivity index (χ3v) is 4.68. The summed E-state index contributed by atoms with van der Waals surface area (Å²) in [6.45, 7) is 5.78. The first kappa shape index (κ1) is 11.9. The first-order valence-electron chi connectivity index (χ1n) is 5.06. The predicted molar refractivity (Wildman–Crippen MR) is 56.1 cm³/mol. The Balaban J connectivity index is 2.08. The third-order valence-electron chi connectivity index (χ3n) is 2.39. The number of nitrogens with one attached hydrogen (secondary N) is 1. The van der Waals surface area contributed by atoms with E-state index in [4.69, 9.17) is 4.74 Å². The van der Waals surface area contributed by atoms with Crippen LogP contribution >= 0.6 is 0 Å². The minimum absolute atomic E-state index is 0.241. The van der Waals surface area contributed by atoms with E-state index < -0.39 is 9.84 Å². The van der Waals surface area contributed by atoms with Crippen LogP contribution in [0, 0.1) is 0 Å². The quantitative estimate of drug-likeness (QED) is 0.650. The highest BCUT2D eigenvalue weighted by Crippen LogP contribution is 2.04. The number of sulfone groups is 1. The van der Waals surface area contributed by atoms with Gasteiger partial charge in [-0.05, 0) is 20.3 Å². The van der Waals surface area contributed by atoms with Crippen molar-refractivity contribution in [1.82, 2.24) is 5.32 Å². The molecule has 0 bridgehead atoms. The summed E-state index contributed by atoms with van der Waals surface area (Å²) in [5.41, 5.74) is 0. The largest absolute Gasteiger partial charge is 0.376 e. The minimum atomic E-state index is -2.88. The van der Waals surface area contributed by atoms with Crippen LogP contribution in [0.1, 0.15) is 20.3 Å². The fourth-order valence-electron chi connectivity index (χ4n) is 1.13. The van der Waals surface area contributed by atoms with Crippen molar-refractivity contribution in [1.29, 1.82) is 0 Å². The van der Waals surface area contributed by atoms with E-state index >= 15 is 0 Å². The van der Waals surface area contributed by atoms with Crippen molar-refractivity contribution in [2.75, 3.05) is 25.4 Å². The first-order chi connectivity index (χ1) is 6.52. The van der Waals surface area contributed by atoms with Crippen molar-refractivity contribution in [2.24, 2.45) is 0 Å². The van der Waals surface area contributed by atoms with Crippen molar-refractivity contribution >= 4 is 9.84 Å². The minimum Gasteiger partial charge on any atom is -0.376 e. The van der Waals surface area contributed by atoms with Crippen molar-refractivity contribution in [3.63, 3.8) is 0 Å². The standard InChI is InChI=1S/C9H19NO3S/c1-8(2)14(11,12)5-3-4-13-9-6-10-7-9/h8-10H,3-7H2,1-2H3. The fourth-order valence-corrected chi connectivity index (χ4v) is 2.12. The molecule has 5 heteroatoms. The SMILES string of the molecule is CC(C)S(=O)(=O)CCCOC1CNC1. The molecule has 0 aliphatic carbocycles. The van der Waals surface area contributed by atoms with Gasteiger partial charge in [-0.15, -0.1) is 0 Å². The van der Waals surface area contributed by atoms with Gasteiger partial charge in [-0.1, -0.05) is 0 Å². The van der Waals surface area contributed by atoms with Crippen molar-refractivity contribution < 1.29 is 13.2 Å². The summed E-state index contributed by atoms with van der Waals surface area (Å²) in [7, 11) is -2.88. The monoisotopic (exact) mass is 221 g/mol. The Labute approximate surface area is 85.9 Å². The van der Waals surface area contributed by atoms with E-state index in [9.17, 15) is 8.42 Å². The summed E-state index contributed by atoms with van der Waals surface area (Å²) in [5, 5.41) is 2.82. The molecule has 0 spiro atoms. The van der Waals surface area contributed by atoms with Crippen LogP contribution in [0.3, 0.4) is 0 Å². The molecule has 1 rings (SSSR count). The molecule has 0 aromatic heterocycles. The topological polar surface area (TPSA) is 55.4 Å². The molecule has 0 amide bonds. The third kappa shape index (κ3) is 3.55. The summed E-state index contributed by atoms with van der Waals surface area (Å²) < 4.78 is 28.2. The van der Waals surface area contributed by atoms with Gasteiger partial charge in [0.05, 0.1) is 17.1 Å². The van der Waals surface area contributed by atoms with Crippen molar-refractivity contribution in [2.45, 2.75) is 31.6 Å². The molecule has 0 atom stereocenters. The van der Waals surface area contributed by atoms with Crippen LogP contribution in [0.15, 0.2) is 0 Å². The molecule has 84 valence electrons. The molecule has 0 saturated carbocycles. The summed E-state index contributed by atoms with van der Waals surface area (Å²) in [6, 6.07) is 0. The van der Waals surface area contributed by atoms with Gasteiger partial charge >= 0.3 is 0 Å². The normalized spacial score (nSPS) is 18.5. The molecule has 0 radical (unpaired) electrons. The van der Waals surface area contributed by atoms with Crippen LogP contribution in [-0.2, 0) is 14.6 Å². The van der Waals surface area contributed by atoms with Crippen LogP contribution in [0.25, 0.3) is 0 Å². The average molecular weight is 221 g/mol. The van der Waals surface area contributed by atoms with Gasteiger partial charge in [-0.3, -0.25) is 0 Å². The Bertz CT molecular complexity index is 257. The van der Waals surface area contributed by atoms with Gasteiger partial charge in [0.15, 0.2) is 9.84 Å². The van der Waals surface area contributed by atoms with Crippen molar-refractivity contribution in [3.8, 4) is 0 Å². The smallest absolute Gasteiger partial charge is 0.152 e. The zero-order chi connectivity index (χ0) is 10.6. The molecule has 0 aromatic carbocycles. The highest BCUT2D eigenvalue weighted by atomic mass is 32.2. The summed E-state index contributed by atoms with van der Waals surface area (Å²) >= 11 is 0. The first-order valence-corrected chi connectivity index (χ1v) is 6.78. The fraction of sp³-hybridized carbons (Fsp3) is 1.00. The van der Waals surface area contributed by atoms with E-state index in [1.54, 1.807) is 13.8 Å². The van der Waals surface area contributed by atoms with Crippen molar-refractivity contribution in [3.05, 3.63) is 0 Å². The molecule has 1 aliphatic heterocycles. The zero-order valence-corrected chi connectivity index (χ0v) is 9.64. The van der Waals surface area contributed by atoms with Crippen LogP contribution in [-0.4, -0.2) is 45.2 Å². The highest BCUT2D eigenvalue weighted by molar-refractivity contribution is 7.91. The second kappa shape index (κ2) is 5.09.